The summed E-state index contributed by atoms with van der Waals surface area (Å²) in [5.41, 5.74) is 0. The molecule has 2 aromatic rings. The van der Waals surface area contributed by atoms with Gasteiger partial charge in [-0.15, -0.1) is 17.0 Å². The van der Waals surface area contributed by atoms with Crippen LogP contribution in [0.5, 0.6) is 0 Å². The van der Waals surface area contributed by atoms with Gasteiger partial charge in [-0.1, -0.05) is 0 Å². The number of H-pyrrole nitrogens is 2. The summed E-state index contributed by atoms with van der Waals surface area (Å²) in [5, 5.41) is 12.4. The Hall–Kier alpha value is -0.950. The van der Waals surface area contributed by atoms with E-state index >= 15 is 0 Å². The number of hydrogen-bond donors (Lipinski definition) is 4. The number of halogens is 1. The third kappa shape index (κ3) is 19.5. The molecule has 2 aromatic heterocycles. The van der Waals surface area contributed by atoms with Crippen molar-refractivity contribution in [1.29, 1.82) is 0 Å². The molecule has 0 fully saturated rings. The zero-order valence-corrected chi connectivity index (χ0v) is 10.3. The molecule has 4 N–H and O–H groups in total. The fourth-order valence-corrected chi connectivity index (χ4v) is 0.430. The van der Waals surface area contributed by atoms with E-state index in [1.807, 2.05) is 12.1 Å². The molecule has 0 aliphatic heterocycles. The van der Waals surface area contributed by atoms with Gasteiger partial charge in [-0.25, -0.2) is 0 Å². The largest absolute Gasteiger partial charge is 0.326 e. The highest BCUT2D eigenvalue weighted by atomic mass is 79.9. The molecule has 0 aliphatic carbocycles. The zero-order chi connectivity index (χ0) is 10.6. The maximum Gasteiger partial charge on any atom is 0.314 e. The first-order valence-electron chi connectivity index (χ1n) is 3.53. The summed E-state index contributed by atoms with van der Waals surface area (Å²) in [6.07, 6.45) is 6.92. The van der Waals surface area contributed by atoms with E-state index in [9.17, 15) is 0 Å². The first-order valence-corrected chi connectivity index (χ1v) is 4.83. The molecule has 0 atom stereocenters. The van der Waals surface area contributed by atoms with Crippen molar-refractivity contribution in [3.05, 3.63) is 36.9 Å². The molecule has 0 aromatic carbocycles. The van der Waals surface area contributed by atoms with Crippen LogP contribution in [-0.2, 0) is 4.57 Å². The van der Waals surface area contributed by atoms with Crippen molar-refractivity contribution in [2.45, 2.75) is 0 Å². The minimum atomic E-state index is -3.13. The smallest absolute Gasteiger partial charge is 0.314 e. The predicted octanol–water partition coefficient (Wildman–Crippen LogP) is 0.758. The summed E-state index contributed by atoms with van der Waals surface area (Å²) in [5.74, 6) is 0. The Kier molecular flexibility index (Phi) is 14.3. The molecular formula is C6H12BrN4O3P. The second-order valence-electron chi connectivity index (χ2n) is 1.82. The van der Waals surface area contributed by atoms with Crippen LogP contribution in [-0.4, -0.2) is 30.2 Å². The Bertz CT molecular complexity index is 237. The zero-order valence-electron chi connectivity index (χ0n) is 7.57. The number of nitrogens with zero attached hydrogens (tertiary/aromatic N) is 2. The maximum absolute atomic E-state index is 8.74. The standard InChI is InChI=1S/2C3H4N2.BrH.H3O3P/c2*1-2-4-5-3-1;;1-4(2)3/h2*1-3H,(H,4,5);1H;4H,(H2,1,2,3). The third-order valence-electron chi connectivity index (χ3n) is 0.812. The van der Waals surface area contributed by atoms with Gasteiger partial charge in [-0.3, -0.25) is 14.8 Å². The lowest BCUT2D eigenvalue weighted by molar-refractivity contribution is 0.405. The van der Waals surface area contributed by atoms with Gasteiger partial charge in [-0.2, -0.15) is 10.2 Å². The molecule has 15 heavy (non-hydrogen) atoms. The van der Waals surface area contributed by atoms with Gasteiger partial charge in [0.2, 0.25) is 0 Å². The molecule has 0 saturated carbocycles. The summed E-state index contributed by atoms with van der Waals surface area (Å²) in [7, 11) is -3.13. The van der Waals surface area contributed by atoms with E-state index in [0.717, 1.165) is 0 Å². The number of nitrogens with one attached hydrogen (secondary N) is 2. The van der Waals surface area contributed by atoms with E-state index < -0.39 is 8.25 Å². The molecule has 0 amide bonds. The minimum absolute atomic E-state index is 0. The van der Waals surface area contributed by atoms with Gasteiger partial charge in [0, 0.05) is 24.8 Å². The summed E-state index contributed by atoms with van der Waals surface area (Å²) in [6, 6.07) is 3.67. The Morgan fingerprint density at radius 2 is 1.33 bits per heavy atom. The van der Waals surface area contributed by atoms with Crippen LogP contribution in [0.15, 0.2) is 36.9 Å². The Morgan fingerprint density at radius 3 is 1.40 bits per heavy atom. The quantitative estimate of drug-likeness (QED) is 0.536. The average molecular weight is 299 g/mol. The van der Waals surface area contributed by atoms with Crippen molar-refractivity contribution in [2.24, 2.45) is 0 Å². The van der Waals surface area contributed by atoms with Crippen LogP contribution in [0.3, 0.4) is 0 Å². The molecule has 0 unspecified atom stereocenters. The lowest BCUT2D eigenvalue weighted by Gasteiger charge is -1.61. The van der Waals surface area contributed by atoms with Gasteiger partial charge in [-0.05, 0) is 12.1 Å². The molecular weight excluding hydrogens is 287 g/mol. The molecule has 0 bridgehead atoms. The average Bonchev–Trinajstić information content (AvgIpc) is 2.83. The maximum atomic E-state index is 8.74. The Balaban J connectivity index is 0. The highest BCUT2D eigenvalue weighted by Crippen LogP contribution is 1.98. The van der Waals surface area contributed by atoms with Crippen molar-refractivity contribution in [3.8, 4) is 0 Å². The molecule has 7 nitrogen and oxygen atoms in total. The molecule has 9 heteroatoms. The summed E-state index contributed by atoms with van der Waals surface area (Å²) in [6.45, 7) is 0. The topological polar surface area (TPSA) is 115 Å². The summed E-state index contributed by atoms with van der Waals surface area (Å²) < 4.78 is 8.74. The van der Waals surface area contributed by atoms with Gasteiger partial charge >= 0.3 is 8.25 Å². The van der Waals surface area contributed by atoms with Crippen LogP contribution >= 0.6 is 25.2 Å². The van der Waals surface area contributed by atoms with Crippen LogP contribution in [0.25, 0.3) is 0 Å². The van der Waals surface area contributed by atoms with Crippen LogP contribution in [0, 0.1) is 0 Å². The van der Waals surface area contributed by atoms with Crippen LogP contribution in [0.4, 0.5) is 0 Å². The van der Waals surface area contributed by atoms with Crippen LogP contribution in [0.1, 0.15) is 0 Å². The number of rotatable bonds is 0. The van der Waals surface area contributed by atoms with Gasteiger partial charge < -0.3 is 9.79 Å². The van der Waals surface area contributed by atoms with E-state index in [4.69, 9.17) is 14.4 Å². The molecule has 0 radical (unpaired) electrons. The third-order valence-corrected chi connectivity index (χ3v) is 0.812. The second-order valence-corrected chi connectivity index (χ2v) is 2.38. The monoisotopic (exact) mass is 298 g/mol. The van der Waals surface area contributed by atoms with Crippen molar-refractivity contribution in [3.63, 3.8) is 0 Å². The van der Waals surface area contributed by atoms with E-state index in [0.29, 0.717) is 0 Å². The predicted molar refractivity (Wildman–Crippen MR) is 60.9 cm³/mol. The van der Waals surface area contributed by atoms with E-state index in [2.05, 4.69) is 20.4 Å². The molecule has 0 spiro atoms. The minimum Gasteiger partial charge on any atom is -0.326 e. The number of aromatic amines is 2. The normalized spacial score (nSPS) is 7.67. The number of aromatic nitrogens is 4. The van der Waals surface area contributed by atoms with Crippen molar-refractivity contribution >= 4 is 25.2 Å². The van der Waals surface area contributed by atoms with Gasteiger partial charge in [0.05, 0.1) is 0 Å². The molecule has 0 aliphatic rings. The lowest BCUT2D eigenvalue weighted by atomic mass is 10.8. The first-order chi connectivity index (χ1) is 6.73. The fourth-order valence-electron chi connectivity index (χ4n) is 0.430. The fraction of sp³-hybridized carbons (Fsp3) is 0. The van der Waals surface area contributed by atoms with Crippen molar-refractivity contribution < 1.29 is 14.4 Å². The van der Waals surface area contributed by atoms with Crippen LogP contribution in [0.2, 0.25) is 0 Å². The molecule has 2 rings (SSSR count). The molecule has 2 heterocycles. The first kappa shape index (κ1) is 16.5. The highest BCUT2D eigenvalue weighted by molar-refractivity contribution is 8.93. The summed E-state index contributed by atoms with van der Waals surface area (Å²) in [4.78, 5) is 14.3. The Morgan fingerprint density at radius 1 is 1.00 bits per heavy atom. The lowest BCUT2D eigenvalue weighted by Crippen LogP contribution is -1.53. The van der Waals surface area contributed by atoms with E-state index in [-0.39, 0.29) is 17.0 Å². The summed E-state index contributed by atoms with van der Waals surface area (Å²) >= 11 is 0. The molecule has 0 saturated heterocycles. The van der Waals surface area contributed by atoms with Crippen molar-refractivity contribution in [2.75, 3.05) is 0 Å². The Labute approximate surface area is 97.3 Å². The van der Waals surface area contributed by atoms with E-state index in [1.54, 1.807) is 24.8 Å². The number of hydrogen-bond acceptors (Lipinski definition) is 3. The van der Waals surface area contributed by atoms with Gasteiger partial charge in [0.1, 0.15) is 0 Å². The molecule has 86 valence electrons. The van der Waals surface area contributed by atoms with E-state index in [1.165, 1.54) is 0 Å². The van der Waals surface area contributed by atoms with Gasteiger partial charge in [0.15, 0.2) is 0 Å². The SMILES string of the molecule is Br.O=[PH](O)O.c1cn[nH]c1.c1cn[nH]c1. The van der Waals surface area contributed by atoms with Crippen molar-refractivity contribution in [1.82, 2.24) is 20.4 Å². The van der Waals surface area contributed by atoms with Gasteiger partial charge in [0.25, 0.3) is 0 Å². The second kappa shape index (κ2) is 13.1. The highest BCUT2D eigenvalue weighted by Gasteiger charge is 1.61. The van der Waals surface area contributed by atoms with Crippen LogP contribution < -0.4 is 0 Å².